The topological polar surface area (TPSA) is 42.4 Å². The van der Waals surface area contributed by atoms with Crippen molar-refractivity contribution in [3.8, 4) is 0 Å². The van der Waals surface area contributed by atoms with Crippen molar-refractivity contribution < 1.29 is 22.7 Å². The Kier molecular flexibility index (Phi) is 6.11. The molecule has 1 amide bonds. The molecule has 1 aliphatic rings. The average molecular weight is 378 g/mol. The average Bonchev–Trinajstić information content (AvgIpc) is 2.68. The highest BCUT2D eigenvalue weighted by molar-refractivity contribution is 5.95. The molecular formula is C20H21F3N2O2. The third kappa shape index (κ3) is 3.98. The number of methoxy groups -OCH3 is 1. The molecule has 0 aliphatic heterocycles. The molecule has 0 N–H and O–H groups in total. The van der Waals surface area contributed by atoms with Crippen molar-refractivity contribution in [1.29, 1.82) is 0 Å². The van der Waals surface area contributed by atoms with E-state index >= 15 is 0 Å². The number of amides is 1. The molecule has 1 aliphatic carbocycles. The molecule has 0 radical (unpaired) electrons. The Balaban J connectivity index is 1.99. The maximum absolute atomic E-state index is 14.5. The molecule has 27 heavy (non-hydrogen) atoms. The second kappa shape index (κ2) is 8.52. The minimum absolute atomic E-state index is 0.217. The number of carbonyl (C=O) groups excluding carboxylic acids is 1. The molecule has 2 aromatic rings. The highest BCUT2D eigenvalue weighted by atomic mass is 19.3. The van der Waals surface area contributed by atoms with Crippen LogP contribution >= 0.6 is 0 Å². The molecule has 1 heterocycles. The lowest BCUT2D eigenvalue weighted by Gasteiger charge is -2.35. The first-order valence-electron chi connectivity index (χ1n) is 8.84. The fraction of sp³-hybridized carbons (Fsp3) is 0.400. The lowest BCUT2D eigenvalue weighted by molar-refractivity contribution is 0.0565. The highest BCUT2D eigenvalue weighted by Crippen LogP contribution is 2.34. The van der Waals surface area contributed by atoms with Gasteiger partial charge in [0.05, 0.1) is 29.5 Å². The molecule has 0 bridgehead atoms. The van der Waals surface area contributed by atoms with Gasteiger partial charge in [-0.05, 0) is 37.0 Å². The van der Waals surface area contributed by atoms with Crippen LogP contribution in [0.1, 0.15) is 52.5 Å². The van der Waals surface area contributed by atoms with Crippen molar-refractivity contribution in [3.05, 3.63) is 64.7 Å². The lowest BCUT2D eigenvalue weighted by Crippen LogP contribution is -2.39. The summed E-state index contributed by atoms with van der Waals surface area (Å²) < 4.78 is 45.7. The summed E-state index contributed by atoms with van der Waals surface area (Å²) in [6.07, 6.45) is 1.08. The normalized spacial score (nSPS) is 16.3. The number of carbonyl (C=O) groups is 1. The number of hydrogen-bond acceptors (Lipinski definition) is 3. The van der Waals surface area contributed by atoms with Crippen LogP contribution in [0.3, 0.4) is 0 Å². The van der Waals surface area contributed by atoms with Crippen molar-refractivity contribution in [2.75, 3.05) is 20.3 Å². The van der Waals surface area contributed by atoms with Crippen LogP contribution in [0, 0.1) is 5.82 Å². The van der Waals surface area contributed by atoms with Crippen LogP contribution in [0.4, 0.5) is 13.2 Å². The van der Waals surface area contributed by atoms with Gasteiger partial charge >= 0.3 is 0 Å². The van der Waals surface area contributed by atoms with E-state index in [4.69, 9.17) is 4.74 Å². The zero-order chi connectivity index (χ0) is 19.4. The Morgan fingerprint density at radius 2 is 2.15 bits per heavy atom. The standard InChI is InChI=1S/C20H21F3N2O2/c1-27-12-11-25(16-9-2-5-13-6-4-10-24-18(13)16)20(26)15-8-3-7-14(17(15)21)19(22)23/h3-4,6-8,10,16,19H,2,5,9,11-12H2,1H3. The quantitative estimate of drug-likeness (QED) is 0.752. The van der Waals surface area contributed by atoms with E-state index in [1.165, 1.54) is 24.1 Å². The Hall–Kier alpha value is -2.41. The molecule has 0 spiro atoms. The van der Waals surface area contributed by atoms with E-state index in [0.717, 1.165) is 30.2 Å². The van der Waals surface area contributed by atoms with Crippen LogP contribution in [-0.4, -0.2) is 36.1 Å². The molecule has 3 rings (SSSR count). The zero-order valence-corrected chi connectivity index (χ0v) is 15.0. The molecular weight excluding hydrogens is 357 g/mol. The van der Waals surface area contributed by atoms with Crippen LogP contribution in [0.15, 0.2) is 36.5 Å². The molecule has 1 unspecified atom stereocenters. The maximum atomic E-state index is 14.5. The van der Waals surface area contributed by atoms with E-state index in [2.05, 4.69) is 4.98 Å². The Morgan fingerprint density at radius 1 is 1.33 bits per heavy atom. The number of halogens is 3. The van der Waals surface area contributed by atoms with Crippen LogP contribution in [0.2, 0.25) is 0 Å². The first-order valence-corrected chi connectivity index (χ1v) is 8.84. The number of alkyl halides is 2. The number of aromatic nitrogens is 1. The third-order valence-corrected chi connectivity index (χ3v) is 4.83. The number of ether oxygens (including phenoxy) is 1. The fourth-order valence-electron chi connectivity index (χ4n) is 3.52. The third-order valence-electron chi connectivity index (χ3n) is 4.83. The minimum atomic E-state index is -2.98. The molecule has 0 saturated carbocycles. The molecule has 1 aromatic carbocycles. The maximum Gasteiger partial charge on any atom is 0.266 e. The molecule has 4 nitrogen and oxygen atoms in total. The first kappa shape index (κ1) is 19.4. The summed E-state index contributed by atoms with van der Waals surface area (Å²) in [6, 6.07) is 6.98. The van der Waals surface area contributed by atoms with Gasteiger partial charge in [0.2, 0.25) is 0 Å². The van der Waals surface area contributed by atoms with E-state index in [0.29, 0.717) is 6.42 Å². The van der Waals surface area contributed by atoms with Gasteiger partial charge in [-0.25, -0.2) is 13.2 Å². The van der Waals surface area contributed by atoms with Gasteiger partial charge in [-0.15, -0.1) is 0 Å². The predicted molar refractivity (Wildman–Crippen MR) is 94.2 cm³/mol. The molecule has 144 valence electrons. The van der Waals surface area contributed by atoms with E-state index < -0.39 is 23.7 Å². The number of fused-ring (bicyclic) bond motifs is 1. The van der Waals surface area contributed by atoms with Gasteiger partial charge in [-0.3, -0.25) is 9.78 Å². The summed E-state index contributed by atoms with van der Waals surface area (Å²) in [5.74, 6) is -1.80. The Bertz CT molecular complexity index is 814. The molecule has 0 saturated heterocycles. The van der Waals surface area contributed by atoms with E-state index in [1.54, 1.807) is 6.20 Å². The highest BCUT2D eigenvalue weighted by Gasteiger charge is 2.32. The summed E-state index contributed by atoms with van der Waals surface area (Å²) in [6.45, 7) is 0.467. The van der Waals surface area contributed by atoms with Gasteiger partial charge in [0.25, 0.3) is 12.3 Å². The summed E-state index contributed by atoms with van der Waals surface area (Å²) >= 11 is 0. The van der Waals surface area contributed by atoms with Gasteiger partial charge in [0, 0.05) is 19.9 Å². The second-order valence-electron chi connectivity index (χ2n) is 6.46. The molecule has 7 heteroatoms. The van der Waals surface area contributed by atoms with Crippen molar-refractivity contribution >= 4 is 5.91 Å². The summed E-state index contributed by atoms with van der Waals surface area (Å²) in [5, 5.41) is 0. The number of pyridine rings is 1. The van der Waals surface area contributed by atoms with Crippen molar-refractivity contribution in [3.63, 3.8) is 0 Å². The number of nitrogens with zero attached hydrogens (tertiary/aromatic N) is 2. The van der Waals surface area contributed by atoms with Gasteiger partial charge in [-0.2, -0.15) is 0 Å². The number of aryl methyl sites for hydroxylation is 1. The fourth-order valence-corrected chi connectivity index (χ4v) is 3.52. The van der Waals surface area contributed by atoms with Crippen LogP contribution in [0.25, 0.3) is 0 Å². The van der Waals surface area contributed by atoms with Gasteiger partial charge in [0.1, 0.15) is 5.82 Å². The lowest BCUT2D eigenvalue weighted by atomic mass is 9.90. The second-order valence-corrected chi connectivity index (χ2v) is 6.46. The number of benzene rings is 1. The van der Waals surface area contributed by atoms with E-state index in [1.807, 2.05) is 12.1 Å². The van der Waals surface area contributed by atoms with Crippen molar-refractivity contribution in [1.82, 2.24) is 9.88 Å². The summed E-state index contributed by atoms with van der Waals surface area (Å²) in [7, 11) is 1.51. The minimum Gasteiger partial charge on any atom is -0.383 e. The van der Waals surface area contributed by atoms with Gasteiger partial charge in [-0.1, -0.05) is 18.2 Å². The Labute approximate surface area is 156 Å². The van der Waals surface area contributed by atoms with Gasteiger partial charge < -0.3 is 9.64 Å². The molecule has 1 atom stereocenters. The van der Waals surface area contributed by atoms with Crippen LogP contribution < -0.4 is 0 Å². The molecule has 1 aromatic heterocycles. The monoisotopic (exact) mass is 378 g/mol. The largest absolute Gasteiger partial charge is 0.383 e. The van der Waals surface area contributed by atoms with E-state index in [9.17, 15) is 18.0 Å². The molecule has 0 fully saturated rings. The summed E-state index contributed by atoms with van der Waals surface area (Å²) in [4.78, 5) is 19.0. The summed E-state index contributed by atoms with van der Waals surface area (Å²) in [5.41, 5.74) is 0.700. The van der Waals surface area contributed by atoms with Gasteiger partial charge in [0.15, 0.2) is 0 Å². The Morgan fingerprint density at radius 3 is 2.89 bits per heavy atom. The van der Waals surface area contributed by atoms with Crippen LogP contribution in [0.5, 0.6) is 0 Å². The van der Waals surface area contributed by atoms with Crippen LogP contribution in [-0.2, 0) is 11.2 Å². The van der Waals surface area contributed by atoms with Crippen molar-refractivity contribution in [2.24, 2.45) is 0 Å². The number of hydrogen-bond donors (Lipinski definition) is 0. The zero-order valence-electron chi connectivity index (χ0n) is 15.0. The smallest absolute Gasteiger partial charge is 0.266 e. The predicted octanol–water partition coefficient (Wildman–Crippen LogP) is 4.32. The number of rotatable bonds is 6. The first-order chi connectivity index (χ1) is 13.0. The SMILES string of the molecule is COCCN(C(=O)c1cccc(C(F)F)c1F)C1CCCc2cccnc21. The van der Waals surface area contributed by atoms with E-state index in [-0.39, 0.29) is 24.8 Å². The van der Waals surface area contributed by atoms with Crippen molar-refractivity contribution in [2.45, 2.75) is 31.7 Å².